The van der Waals surface area contributed by atoms with Crippen molar-refractivity contribution < 1.29 is 4.39 Å². The van der Waals surface area contributed by atoms with E-state index in [1.165, 1.54) is 43.7 Å². The summed E-state index contributed by atoms with van der Waals surface area (Å²) in [5.74, 6) is 1.04. The molecular weight excluding hydrogens is 321 g/mol. The Morgan fingerprint density at radius 1 is 1.17 bits per heavy atom. The van der Waals surface area contributed by atoms with E-state index in [9.17, 15) is 4.39 Å². The molecule has 0 N–H and O–H groups in total. The van der Waals surface area contributed by atoms with Gasteiger partial charge in [-0.1, -0.05) is 35.9 Å². The summed E-state index contributed by atoms with van der Waals surface area (Å²) in [4.78, 5) is 4.54. The molecule has 0 radical (unpaired) electrons. The van der Waals surface area contributed by atoms with Gasteiger partial charge in [0.2, 0.25) is 0 Å². The van der Waals surface area contributed by atoms with Gasteiger partial charge in [0.25, 0.3) is 0 Å². The molecule has 0 spiro atoms. The smallest absolute Gasteiger partial charge is 0.142 e. The maximum atomic E-state index is 13.6. The van der Waals surface area contributed by atoms with E-state index in [1.54, 1.807) is 12.1 Å². The van der Waals surface area contributed by atoms with Crippen LogP contribution in [0.4, 0.5) is 4.39 Å². The minimum atomic E-state index is -0.403. The summed E-state index contributed by atoms with van der Waals surface area (Å²) in [5, 5.41) is 0.144. The first-order chi connectivity index (χ1) is 11.7. The van der Waals surface area contributed by atoms with Gasteiger partial charge in [-0.15, -0.1) is 0 Å². The highest BCUT2D eigenvalue weighted by Gasteiger charge is 2.21. The highest BCUT2D eigenvalue weighted by atomic mass is 35.5. The Bertz CT molecular complexity index is 700. The Hall–Kier alpha value is -1.67. The summed E-state index contributed by atoms with van der Waals surface area (Å²) in [6.45, 7) is 2.09. The van der Waals surface area contributed by atoms with E-state index in [1.807, 2.05) is 12.3 Å². The molecule has 1 fully saturated rings. The van der Waals surface area contributed by atoms with Crippen molar-refractivity contribution in [1.82, 2.24) is 4.98 Å². The minimum absolute atomic E-state index is 0.144. The topological polar surface area (TPSA) is 12.9 Å². The van der Waals surface area contributed by atoms with E-state index in [2.05, 4.69) is 30.1 Å². The van der Waals surface area contributed by atoms with Crippen molar-refractivity contribution in [1.29, 1.82) is 0 Å². The van der Waals surface area contributed by atoms with Crippen LogP contribution in [0.15, 0.2) is 48.7 Å². The van der Waals surface area contributed by atoms with E-state index >= 15 is 0 Å². The van der Waals surface area contributed by atoms with E-state index in [0.717, 1.165) is 17.2 Å². The fourth-order valence-electron chi connectivity index (χ4n) is 3.53. The molecular formula is C21H23ClFN. The minimum Gasteiger partial charge on any atom is -0.256 e. The van der Waals surface area contributed by atoms with Crippen molar-refractivity contribution in [2.75, 3.05) is 0 Å². The summed E-state index contributed by atoms with van der Waals surface area (Å²) in [7, 11) is 0. The van der Waals surface area contributed by atoms with Crippen LogP contribution in [0.2, 0.25) is 5.02 Å². The summed E-state index contributed by atoms with van der Waals surface area (Å²) < 4.78 is 13.6. The van der Waals surface area contributed by atoms with Gasteiger partial charge in [-0.05, 0) is 74.6 Å². The van der Waals surface area contributed by atoms with Crippen LogP contribution in [0, 0.1) is 11.7 Å². The summed E-state index contributed by atoms with van der Waals surface area (Å²) in [6, 6.07) is 8.96. The molecule has 0 saturated heterocycles. The van der Waals surface area contributed by atoms with Gasteiger partial charge >= 0.3 is 0 Å². The highest BCUT2D eigenvalue weighted by Crippen LogP contribution is 2.37. The maximum absolute atomic E-state index is 13.6. The highest BCUT2D eigenvalue weighted by molar-refractivity contribution is 6.30. The van der Waals surface area contributed by atoms with Gasteiger partial charge < -0.3 is 0 Å². The number of aromatic nitrogens is 1. The molecule has 1 aliphatic rings. The quantitative estimate of drug-likeness (QED) is 0.557. The van der Waals surface area contributed by atoms with Gasteiger partial charge in [-0.25, -0.2) is 4.39 Å². The Labute approximate surface area is 148 Å². The molecule has 0 atom stereocenters. The Kier molecular flexibility index (Phi) is 5.68. The van der Waals surface area contributed by atoms with Crippen LogP contribution in [0.25, 0.3) is 11.3 Å². The SMILES string of the molecule is C/C=C/CC1CCC(c2ccc(-c3ccc(Cl)c(F)c3)nc2)CC1. The van der Waals surface area contributed by atoms with Crippen molar-refractivity contribution in [3.05, 3.63) is 65.1 Å². The maximum Gasteiger partial charge on any atom is 0.142 e. The fraction of sp³-hybridized carbons (Fsp3) is 0.381. The van der Waals surface area contributed by atoms with Crippen molar-refractivity contribution in [2.24, 2.45) is 5.92 Å². The number of rotatable bonds is 4. The van der Waals surface area contributed by atoms with E-state index < -0.39 is 5.82 Å². The van der Waals surface area contributed by atoms with Crippen LogP contribution in [0.5, 0.6) is 0 Å². The van der Waals surface area contributed by atoms with Crippen molar-refractivity contribution in [3.8, 4) is 11.3 Å². The third kappa shape index (κ3) is 4.05. The molecule has 1 saturated carbocycles. The second-order valence-corrected chi connectivity index (χ2v) is 7.04. The number of benzene rings is 1. The number of allylic oxidation sites excluding steroid dienone is 2. The van der Waals surface area contributed by atoms with Gasteiger partial charge in [0, 0.05) is 11.8 Å². The van der Waals surface area contributed by atoms with Crippen molar-refractivity contribution >= 4 is 11.6 Å². The zero-order chi connectivity index (χ0) is 16.9. The lowest BCUT2D eigenvalue weighted by Gasteiger charge is -2.28. The second-order valence-electron chi connectivity index (χ2n) is 6.63. The first-order valence-electron chi connectivity index (χ1n) is 8.70. The van der Waals surface area contributed by atoms with Gasteiger partial charge in [-0.2, -0.15) is 0 Å². The molecule has 1 nitrogen and oxygen atoms in total. The Morgan fingerprint density at radius 2 is 1.96 bits per heavy atom. The van der Waals surface area contributed by atoms with Gasteiger partial charge in [0.05, 0.1) is 10.7 Å². The largest absolute Gasteiger partial charge is 0.256 e. The van der Waals surface area contributed by atoms with Crippen LogP contribution < -0.4 is 0 Å². The number of halogens is 2. The first-order valence-corrected chi connectivity index (χ1v) is 9.07. The zero-order valence-corrected chi connectivity index (χ0v) is 14.8. The molecule has 126 valence electrons. The number of pyridine rings is 1. The van der Waals surface area contributed by atoms with Crippen LogP contribution in [-0.2, 0) is 0 Å². The van der Waals surface area contributed by atoms with Gasteiger partial charge in [0.1, 0.15) is 5.82 Å². The molecule has 3 rings (SSSR count). The standard InChI is InChI=1S/C21H23ClFN/c1-2-3-4-15-5-7-16(8-6-15)18-10-12-21(24-14-18)17-9-11-19(22)20(23)13-17/h2-3,9-16H,4-8H2,1H3/b3-2+. The lowest BCUT2D eigenvalue weighted by molar-refractivity contribution is 0.328. The summed E-state index contributed by atoms with van der Waals surface area (Å²) in [6.07, 6.45) is 12.7. The molecule has 0 amide bonds. The summed E-state index contributed by atoms with van der Waals surface area (Å²) >= 11 is 5.74. The average molecular weight is 344 g/mol. The fourth-order valence-corrected chi connectivity index (χ4v) is 3.65. The van der Waals surface area contributed by atoms with Crippen LogP contribution in [0.3, 0.4) is 0 Å². The third-order valence-corrected chi connectivity index (χ3v) is 5.33. The number of nitrogens with zero attached hydrogens (tertiary/aromatic N) is 1. The molecule has 1 heterocycles. The Balaban J connectivity index is 1.66. The normalized spacial score (nSPS) is 21.3. The molecule has 0 bridgehead atoms. The van der Waals surface area contributed by atoms with E-state index in [4.69, 9.17) is 11.6 Å². The molecule has 0 aliphatic heterocycles. The molecule has 1 aromatic carbocycles. The monoisotopic (exact) mass is 343 g/mol. The van der Waals surface area contributed by atoms with E-state index in [-0.39, 0.29) is 5.02 Å². The first kappa shape index (κ1) is 17.2. The Morgan fingerprint density at radius 3 is 2.58 bits per heavy atom. The molecule has 0 unspecified atom stereocenters. The van der Waals surface area contributed by atoms with Crippen LogP contribution >= 0.6 is 11.6 Å². The van der Waals surface area contributed by atoms with Gasteiger partial charge in [-0.3, -0.25) is 4.98 Å². The lowest BCUT2D eigenvalue weighted by atomic mass is 9.78. The molecule has 1 aromatic heterocycles. The van der Waals surface area contributed by atoms with Crippen LogP contribution in [0.1, 0.15) is 50.5 Å². The van der Waals surface area contributed by atoms with Gasteiger partial charge in [0.15, 0.2) is 0 Å². The second kappa shape index (κ2) is 7.94. The molecule has 3 heteroatoms. The van der Waals surface area contributed by atoms with Crippen LogP contribution in [-0.4, -0.2) is 4.98 Å². The predicted octanol–water partition coefficient (Wildman–Crippen LogP) is 6.78. The molecule has 2 aromatic rings. The zero-order valence-electron chi connectivity index (χ0n) is 14.0. The van der Waals surface area contributed by atoms with Crippen molar-refractivity contribution in [3.63, 3.8) is 0 Å². The number of hydrogen-bond donors (Lipinski definition) is 0. The lowest BCUT2D eigenvalue weighted by Crippen LogP contribution is -2.13. The molecule has 1 aliphatic carbocycles. The third-order valence-electron chi connectivity index (χ3n) is 5.03. The summed E-state index contributed by atoms with van der Waals surface area (Å²) in [5.41, 5.74) is 2.85. The average Bonchev–Trinajstić information content (AvgIpc) is 2.63. The van der Waals surface area contributed by atoms with E-state index in [0.29, 0.717) is 5.92 Å². The molecule has 24 heavy (non-hydrogen) atoms. The van der Waals surface area contributed by atoms with Crippen molar-refractivity contribution in [2.45, 2.75) is 44.9 Å². The number of hydrogen-bond acceptors (Lipinski definition) is 1. The predicted molar refractivity (Wildman–Crippen MR) is 98.8 cm³/mol.